The molecule has 1 atom stereocenters. The van der Waals surface area contributed by atoms with Gasteiger partial charge in [-0.1, -0.05) is 6.07 Å². The van der Waals surface area contributed by atoms with E-state index in [9.17, 15) is 8.78 Å². The maximum absolute atomic E-state index is 13.7. The van der Waals surface area contributed by atoms with Crippen LogP contribution >= 0.6 is 24.0 Å². The maximum atomic E-state index is 13.7. The Balaban J connectivity index is 0.00000364. The Labute approximate surface area is 177 Å². The summed E-state index contributed by atoms with van der Waals surface area (Å²) in [5.74, 6) is 0.225. The molecule has 1 N–H and O–H groups in total. The first kappa shape index (κ1) is 24.0. The topological polar surface area (TPSA) is 46.1 Å². The lowest BCUT2D eigenvalue weighted by Gasteiger charge is -2.21. The molecule has 0 spiro atoms. The summed E-state index contributed by atoms with van der Waals surface area (Å²) in [6.07, 6.45) is 1.28. The molecule has 2 rings (SSSR count). The first-order valence-corrected chi connectivity index (χ1v) is 9.18. The minimum atomic E-state index is -0.514. The molecule has 27 heavy (non-hydrogen) atoms. The van der Waals surface area contributed by atoms with Crippen molar-refractivity contribution in [1.82, 2.24) is 10.2 Å². The number of halogens is 3. The van der Waals surface area contributed by atoms with Crippen LogP contribution < -0.4 is 5.32 Å². The van der Waals surface area contributed by atoms with Crippen molar-refractivity contribution < 1.29 is 18.3 Å². The second-order valence-corrected chi connectivity index (χ2v) is 6.35. The average molecular weight is 497 g/mol. The van der Waals surface area contributed by atoms with Crippen LogP contribution in [0.25, 0.3) is 0 Å². The van der Waals surface area contributed by atoms with Crippen LogP contribution in [0.1, 0.15) is 18.9 Å². The first-order chi connectivity index (χ1) is 12.7. The van der Waals surface area contributed by atoms with Crippen molar-refractivity contribution in [3.63, 3.8) is 0 Å². The van der Waals surface area contributed by atoms with E-state index in [0.29, 0.717) is 32.3 Å². The fourth-order valence-electron chi connectivity index (χ4n) is 3.02. The summed E-state index contributed by atoms with van der Waals surface area (Å²) in [6, 6.07) is 3.94. The Morgan fingerprint density at radius 2 is 2.04 bits per heavy atom. The standard InChI is InChI=1S/C19H29F2N3O2.HI/c1-3-22-19(23-9-7-16-17(20)5-4-6-18(16)21)24-10-8-15(13-24)14-26-12-11-25-2;/h4-6,15H,3,7-14H2,1-2H3,(H,22,23);1H. The summed E-state index contributed by atoms with van der Waals surface area (Å²) in [5, 5.41) is 3.26. The Hall–Kier alpha value is -1.00. The molecule has 1 heterocycles. The smallest absolute Gasteiger partial charge is 0.193 e. The van der Waals surface area contributed by atoms with Crippen LogP contribution in [0.5, 0.6) is 0 Å². The number of hydrogen-bond donors (Lipinski definition) is 1. The number of ether oxygens (including phenoxy) is 2. The van der Waals surface area contributed by atoms with Crippen molar-refractivity contribution in [3.05, 3.63) is 35.4 Å². The van der Waals surface area contributed by atoms with Crippen LogP contribution in [0.15, 0.2) is 23.2 Å². The summed E-state index contributed by atoms with van der Waals surface area (Å²) in [4.78, 5) is 6.74. The van der Waals surface area contributed by atoms with E-state index in [0.717, 1.165) is 32.0 Å². The average Bonchev–Trinajstić information content (AvgIpc) is 3.09. The van der Waals surface area contributed by atoms with Gasteiger partial charge >= 0.3 is 0 Å². The number of likely N-dealkylation sites (tertiary alicyclic amines) is 1. The van der Waals surface area contributed by atoms with Crippen LogP contribution in [0, 0.1) is 17.6 Å². The Kier molecular flexibility index (Phi) is 11.8. The summed E-state index contributed by atoms with van der Waals surface area (Å²) in [6.45, 7) is 6.78. The molecule has 0 bridgehead atoms. The van der Waals surface area contributed by atoms with Gasteiger partial charge in [0.25, 0.3) is 0 Å². The van der Waals surface area contributed by atoms with E-state index < -0.39 is 11.6 Å². The highest BCUT2D eigenvalue weighted by molar-refractivity contribution is 14.0. The van der Waals surface area contributed by atoms with E-state index >= 15 is 0 Å². The summed E-state index contributed by atoms with van der Waals surface area (Å²) in [5.41, 5.74) is 0.0953. The zero-order valence-electron chi connectivity index (χ0n) is 16.0. The van der Waals surface area contributed by atoms with Gasteiger partial charge in [-0.05, 0) is 31.9 Å². The Bertz CT molecular complexity index is 570. The van der Waals surface area contributed by atoms with E-state index in [1.165, 1.54) is 18.2 Å². The number of aliphatic imine (C=N–C) groups is 1. The predicted molar refractivity (Wildman–Crippen MR) is 114 cm³/mol. The summed E-state index contributed by atoms with van der Waals surface area (Å²) in [7, 11) is 1.66. The fraction of sp³-hybridized carbons (Fsp3) is 0.632. The lowest BCUT2D eigenvalue weighted by Crippen LogP contribution is -2.40. The van der Waals surface area contributed by atoms with Crippen molar-refractivity contribution in [2.75, 3.05) is 53.1 Å². The molecule has 0 amide bonds. The largest absolute Gasteiger partial charge is 0.382 e. The number of nitrogens with zero attached hydrogens (tertiary/aromatic N) is 2. The van der Waals surface area contributed by atoms with Crippen molar-refractivity contribution in [2.45, 2.75) is 19.8 Å². The molecule has 1 fully saturated rings. The lowest BCUT2D eigenvalue weighted by atomic mass is 10.1. The highest BCUT2D eigenvalue weighted by atomic mass is 127. The second kappa shape index (κ2) is 13.2. The van der Waals surface area contributed by atoms with Gasteiger partial charge in [-0.2, -0.15) is 0 Å². The number of benzene rings is 1. The van der Waals surface area contributed by atoms with Crippen molar-refractivity contribution >= 4 is 29.9 Å². The minimum Gasteiger partial charge on any atom is -0.382 e. The molecule has 1 unspecified atom stereocenters. The molecule has 0 aromatic heterocycles. The van der Waals surface area contributed by atoms with Gasteiger partial charge in [0.05, 0.1) is 19.8 Å². The fourth-order valence-corrected chi connectivity index (χ4v) is 3.02. The molecular weight excluding hydrogens is 467 g/mol. The number of hydrogen-bond acceptors (Lipinski definition) is 3. The van der Waals surface area contributed by atoms with Gasteiger partial charge in [0.2, 0.25) is 0 Å². The third-order valence-corrected chi connectivity index (χ3v) is 4.39. The minimum absolute atomic E-state index is 0. The van der Waals surface area contributed by atoms with Gasteiger partial charge in [0.15, 0.2) is 5.96 Å². The molecule has 1 aliphatic heterocycles. The molecular formula is C19H30F2IN3O2. The Morgan fingerprint density at radius 1 is 1.30 bits per heavy atom. The molecule has 8 heteroatoms. The quantitative estimate of drug-likeness (QED) is 0.247. The molecule has 0 aliphatic carbocycles. The second-order valence-electron chi connectivity index (χ2n) is 6.35. The number of methoxy groups -OCH3 is 1. The zero-order valence-corrected chi connectivity index (χ0v) is 18.4. The van der Waals surface area contributed by atoms with Crippen LogP contribution in [-0.4, -0.2) is 64.0 Å². The molecule has 1 aliphatic rings. The van der Waals surface area contributed by atoms with Crippen LogP contribution in [0.4, 0.5) is 8.78 Å². The third-order valence-electron chi connectivity index (χ3n) is 4.39. The van der Waals surface area contributed by atoms with Gasteiger partial charge in [0, 0.05) is 44.8 Å². The lowest BCUT2D eigenvalue weighted by molar-refractivity contribution is 0.0536. The van der Waals surface area contributed by atoms with Crippen molar-refractivity contribution in [3.8, 4) is 0 Å². The number of nitrogens with one attached hydrogen (secondary N) is 1. The SMILES string of the molecule is CCNC(=NCCc1c(F)cccc1F)N1CCC(COCCOC)C1.I. The normalized spacial score (nSPS) is 17.1. The molecule has 0 radical (unpaired) electrons. The van der Waals surface area contributed by atoms with E-state index in [1.807, 2.05) is 6.92 Å². The number of rotatable bonds is 9. The van der Waals surface area contributed by atoms with Crippen LogP contribution in [0.2, 0.25) is 0 Å². The first-order valence-electron chi connectivity index (χ1n) is 9.18. The molecule has 1 aromatic rings. The van der Waals surface area contributed by atoms with E-state index in [1.54, 1.807) is 7.11 Å². The summed E-state index contributed by atoms with van der Waals surface area (Å²) >= 11 is 0. The van der Waals surface area contributed by atoms with E-state index in [4.69, 9.17) is 9.47 Å². The predicted octanol–water partition coefficient (Wildman–Crippen LogP) is 3.08. The number of guanidine groups is 1. The Morgan fingerprint density at radius 3 is 2.70 bits per heavy atom. The van der Waals surface area contributed by atoms with Gasteiger partial charge in [-0.15, -0.1) is 24.0 Å². The maximum Gasteiger partial charge on any atom is 0.193 e. The van der Waals surface area contributed by atoms with Crippen molar-refractivity contribution in [2.24, 2.45) is 10.9 Å². The molecule has 154 valence electrons. The van der Waals surface area contributed by atoms with Gasteiger partial charge < -0.3 is 19.7 Å². The monoisotopic (exact) mass is 497 g/mol. The molecule has 0 saturated carbocycles. The van der Waals surface area contributed by atoms with Crippen molar-refractivity contribution in [1.29, 1.82) is 0 Å². The van der Waals surface area contributed by atoms with Gasteiger partial charge in [0.1, 0.15) is 11.6 Å². The molecule has 1 aromatic carbocycles. The van der Waals surface area contributed by atoms with Gasteiger partial charge in [-0.3, -0.25) is 4.99 Å². The van der Waals surface area contributed by atoms with Crippen LogP contribution in [-0.2, 0) is 15.9 Å². The zero-order chi connectivity index (χ0) is 18.8. The van der Waals surface area contributed by atoms with E-state index in [2.05, 4.69) is 15.2 Å². The summed E-state index contributed by atoms with van der Waals surface area (Å²) < 4.78 is 38.0. The molecule has 5 nitrogen and oxygen atoms in total. The van der Waals surface area contributed by atoms with E-state index in [-0.39, 0.29) is 36.0 Å². The highest BCUT2D eigenvalue weighted by Gasteiger charge is 2.25. The van der Waals surface area contributed by atoms with Crippen LogP contribution in [0.3, 0.4) is 0 Å². The molecule has 1 saturated heterocycles. The van der Waals surface area contributed by atoms with Gasteiger partial charge in [-0.25, -0.2) is 8.78 Å². The third kappa shape index (κ3) is 7.87. The highest BCUT2D eigenvalue weighted by Crippen LogP contribution is 2.17.